The topological polar surface area (TPSA) is 71.3 Å². The summed E-state index contributed by atoms with van der Waals surface area (Å²) >= 11 is 0. The van der Waals surface area contributed by atoms with Gasteiger partial charge in [-0.3, -0.25) is 14.3 Å². The standard InChI is InChI=1S/C16H27N5O2/c1-12(2)9-13(21-8-6-5-7-15(21)22)16(23)19(3)10-14-17-11-18-20(14)4/h11-13H,5-10H2,1-4H3/t13-/m0/s1. The van der Waals surface area contributed by atoms with Crippen molar-refractivity contribution in [2.45, 2.75) is 52.1 Å². The van der Waals surface area contributed by atoms with E-state index < -0.39 is 0 Å². The molecule has 1 aromatic rings. The summed E-state index contributed by atoms with van der Waals surface area (Å²) in [5.41, 5.74) is 0. The first-order valence-corrected chi connectivity index (χ1v) is 8.27. The quantitative estimate of drug-likeness (QED) is 0.789. The van der Waals surface area contributed by atoms with Crippen LogP contribution in [0.5, 0.6) is 0 Å². The van der Waals surface area contributed by atoms with E-state index in [4.69, 9.17) is 0 Å². The molecule has 1 fully saturated rings. The highest BCUT2D eigenvalue weighted by molar-refractivity contribution is 5.87. The van der Waals surface area contributed by atoms with Gasteiger partial charge in [-0.05, 0) is 25.2 Å². The molecule has 128 valence electrons. The van der Waals surface area contributed by atoms with Gasteiger partial charge in [0.25, 0.3) is 0 Å². The Labute approximate surface area is 137 Å². The molecule has 0 spiro atoms. The smallest absolute Gasteiger partial charge is 0.245 e. The molecule has 2 amide bonds. The van der Waals surface area contributed by atoms with Crippen LogP contribution >= 0.6 is 0 Å². The van der Waals surface area contributed by atoms with Gasteiger partial charge < -0.3 is 9.80 Å². The van der Waals surface area contributed by atoms with Crippen LogP contribution in [0.1, 0.15) is 45.4 Å². The van der Waals surface area contributed by atoms with Gasteiger partial charge in [-0.25, -0.2) is 4.98 Å². The van der Waals surface area contributed by atoms with Crippen LogP contribution in [0.4, 0.5) is 0 Å². The zero-order valence-electron chi connectivity index (χ0n) is 14.5. The largest absolute Gasteiger partial charge is 0.336 e. The van der Waals surface area contributed by atoms with E-state index in [0.717, 1.165) is 18.7 Å². The first-order valence-electron chi connectivity index (χ1n) is 8.27. The van der Waals surface area contributed by atoms with E-state index in [0.29, 0.717) is 31.8 Å². The number of carbonyl (C=O) groups excluding carboxylic acids is 2. The van der Waals surface area contributed by atoms with Gasteiger partial charge in [0.1, 0.15) is 18.2 Å². The highest BCUT2D eigenvalue weighted by Crippen LogP contribution is 2.20. The number of nitrogens with zero attached hydrogens (tertiary/aromatic N) is 5. The van der Waals surface area contributed by atoms with Crippen LogP contribution in [-0.2, 0) is 23.2 Å². The van der Waals surface area contributed by atoms with Gasteiger partial charge in [0.2, 0.25) is 11.8 Å². The SMILES string of the molecule is CC(C)C[C@@H](C(=O)N(C)Cc1ncnn1C)N1CCCCC1=O. The summed E-state index contributed by atoms with van der Waals surface area (Å²) in [7, 11) is 3.57. The average Bonchev–Trinajstić information content (AvgIpc) is 2.90. The molecular weight excluding hydrogens is 294 g/mol. The fourth-order valence-electron chi connectivity index (χ4n) is 2.97. The predicted molar refractivity (Wildman–Crippen MR) is 86.3 cm³/mol. The maximum Gasteiger partial charge on any atom is 0.245 e. The van der Waals surface area contributed by atoms with Gasteiger partial charge in [-0.1, -0.05) is 13.8 Å². The van der Waals surface area contributed by atoms with Crippen LogP contribution in [0.15, 0.2) is 6.33 Å². The number of likely N-dealkylation sites (N-methyl/N-ethyl adjacent to an activating group) is 1. The highest BCUT2D eigenvalue weighted by atomic mass is 16.2. The van der Waals surface area contributed by atoms with Crippen molar-refractivity contribution in [1.82, 2.24) is 24.6 Å². The second kappa shape index (κ2) is 7.57. The molecule has 7 nitrogen and oxygen atoms in total. The number of amides is 2. The lowest BCUT2D eigenvalue weighted by Gasteiger charge is -2.36. The molecule has 1 aliphatic heterocycles. The minimum atomic E-state index is -0.374. The maximum atomic E-state index is 12.9. The van der Waals surface area contributed by atoms with E-state index in [1.807, 2.05) is 0 Å². The second-order valence-corrected chi connectivity index (χ2v) is 6.68. The molecule has 2 rings (SSSR count). The van der Waals surface area contributed by atoms with E-state index >= 15 is 0 Å². The zero-order chi connectivity index (χ0) is 17.0. The molecule has 1 aromatic heterocycles. The Morgan fingerprint density at radius 2 is 2.13 bits per heavy atom. The van der Waals surface area contributed by atoms with E-state index in [1.54, 1.807) is 28.6 Å². The average molecular weight is 321 g/mol. The Bertz CT molecular complexity index is 554. The van der Waals surface area contributed by atoms with Crippen molar-refractivity contribution >= 4 is 11.8 Å². The summed E-state index contributed by atoms with van der Waals surface area (Å²) in [5, 5.41) is 4.03. The van der Waals surface area contributed by atoms with Gasteiger partial charge in [-0.2, -0.15) is 5.10 Å². The minimum absolute atomic E-state index is 0.0167. The third-order valence-corrected chi connectivity index (χ3v) is 4.28. The van der Waals surface area contributed by atoms with Gasteiger partial charge in [0.05, 0.1) is 6.54 Å². The summed E-state index contributed by atoms with van der Waals surface area (Å²) in [6.45, 7) is 5.24. The molecule has 0 saturated carbocycles. The van der Waals surface area contributed by atoms with Crippen LogP contribution in [0.3, 0.4) is 0 Å². The van der Waals surface area contributed by atoms with Crippen molar-refractivity contribution in [3.63, 3.8) is 0 Å². The van der Waals surface area contributed by atoms with Gasteiger partial charge >= 0.3 is 0 Å². The molecule has 0 N–H and O–H groups in total. The summed E-state index contributed by atoms with van der Waals surface area (Å²) < 4.78 is 1.66. The van der Waals surface area contributed by atoms with E-state index in [1.165, 1.54) is 6.33 Å². The number of carbonyl (C=O) groups is 2. The Morgan fingerprint density at radius 3 is 2.70 bits per heavy atom. The fourth-order valence-corrected chi connectivity index (χ4v) is 2.97. The fraction of sp³-hybridized carbons (Fsp3) is 0.750. The van der Waals surface area contributed by atoms with E-state index in [9.17, 15) is 9.59 Å². The first kappa shape index (κ1) is 17.4. The highest BCUT2D eigenvalue weighted by Gasteiger charge is 2.33. The van der Waals surface area contributed by atoms with E-state index in [-0.39, 0.29) is 17.9 Å². The van der Waals surface area contributed by atoms with Crippen LogP contribution < -0.4 is 0 Å². The van der Waals surface area contributed by atoms with E-state index in [2.05, 4.69) is 23.9 Å². The molecule has 2 heterocycles. The third-order valence-electron chi connectivity index (χ3n) is 4.28. The lowest BCUT2D eigenvalue weighted by Crippen LogP contribution is -2.52. The van der Waals surface area contributed by atoms with Gasteiger partial charge in [0.15, 0.2) is 0 Å². The summed E-state index contributed by atoms with van der Waals surface area (Å²) in [6, 6.07) is -0.374. The van der Waals surface area contributed by atoms with Crippen molar-refractivity contribution in [1.29, 1.82) is 0 Å². The number of aromatic nitrogens is 3. The molecule has 7 heteroatoms. The van der Waals surface area contributed by atoms with Crippen molar-refractivity contribution in [3.8, 4) is 0 Å². The summed E-state index contributed by atoms with van der Waals surface area (Å²) in [6.07, 6.45) is 4.61. The van der Waals surface area contributed by atoms with Crippen molar-refractivity contribution < 1.29 is 9.59 Å². The maximum absolute atomic E-state index is 12.9. The number of piperidine rings is 1. The Kier molecular flexibility index (Phi) is 5.74. The summed E-state index contributed by atoms with van der Waals surface area (Å²) in [4.78, 5) is 32.8. The third kappa shape index (κ3) is 4.30. The Balaban J connectivity index is 2.12. The molecule has 1 saturated heterocycles. The normalized spacial score (nSPS) is 16.7. The van der Waals surface area contributed by atoms with Crippen LogP contribution in [0.25, 0.3) is 0 Å². The lowest BCUT2D eigenvalue weighted by atomic mass is 9.98. The van der Waals surface area contributed by atoms with Crippen LogP contribution in [0, 0.1) is 5.92 Å². The number of hydrogen-bond donors (Lipinski definition) is 0. The van der Waals surface area contributed by atoms with Crippen molar-refractivity contribution in [3.05, 3.63) is 12.2 Å². The lowest BCUT2D eigenvalue weighted by molar-refractivity contribution is -0.147. The monoisotopic (exact) mass is 321 g/mol. The zero-order valence-corrected chi connectivity index (χ0v) is 14.5. The molecule has 0 unspecified atom stereocenters. The predicted octanol–water partition coefficient (Wildman–Crippen LogP) is 1.20. The molecule has 0 aliphatic carbocycles. The molecule has 1 aliphatic rings. The summed E-state index contributed by atoms with van der Waals surface area (Å²) in [5.74, 6) is 1.16. The number of hydrogen-bond acceptors (Lipinski definition) is 4. The Hall–Kier alpha value is -1.92. The molecule has 0 bridgehead atoms. The van der Waals surface area contributed by atoms with Crippen molar-refractivity contribution in [2.75, 3.05) is 13.6 Å². The van der Waals surface area contributed by atoms with Crippen LogP contribution in [0.2, 0.25) is 0 Å². The number of likely N-dealkylation sites (tertiary alicyclic amines) is 1. The van der Waals surface area contributed by atoms with Gasteiger partial charge in [-0.15, -0.1) is 0 Å². The van der Waals surface area contributed by atoms with Crippen LogP contribution in [-0.4, -0.2) is 56.0 Å². The Morgan fingerprint density at radius 1 is 1.39 bits per heavy atom. The van der Waals surface area contributed by atoms with Gasteiger partial charge in [0, 0.05) is 27.1 Å². The molecule has 0 aromatic carbocycles. The number of rotatable bonds is 6. The molecule has 23 heavy (non-hydrogen) atoms. The second-order valence-electron chi connectivity index (χ2n) is 6.68. The van der Waals surface area contributed by atoms with Crippen molar-refractivity contribution in [2.24, 2.45) is 13.0 Å². The number of aryl methyl sites for hydroxylation is 1. The first-order chi connectivity index (χ1) is 10.9. The molecular formula is C16H27N5O2. The molecule has 1 atom stereocenters. The minimum Gasteiger partial charge on any atom is -0.336 e. The molecule has 0 radical (unpaired) electrons.